The molecule has 0 aliphatic carbocycles. The highest BCUT2D eigenvalue weighted by Gasteiger charge is 2.18. The molecule has 2 heterocycles. The number of allylic oxidation sites excluding steroid dienone is 2. The minimum atomic E-state index is -0.436. The predicted octanol–water partition coefficient (Wildman–Crippen LogP) is 5.80. The fourth-order valence-corrected chi connectivity index (χ4v) is 3.48. The molecule has 0 saturated heterocycles. The van der Waals surface area contributed by atoms with Crippen molar-refractivity contribution in [1.82, 2.24) is 4.98 Å². The molecule has 0 N–H and O–H groups in total. The van der Waals surface area contributed by atoms with Crippen molar-refractivity contribution in [1.29, 1.82) is 5.26 Å². The van der Waals surface area contributed by atoms with Gasteiger partial charge < -0.3 is 13.9 Å². The van der Waals surface area contributed by atoms with Crippen molar-refractivity contribution in [3.05, 3.63) is 88.4 Å². The van der Waals surface area contributed by atoms with Crippen LogP contribution < -0.4 is 4.74 Å². The van der Waals surface area contributed by atoms with Gasteiger partial charge in [-0.25, -0.2) is 9.78 Å². The Balaban J connectivity index is 2.00. The number of aromatic nitrogens is 1. The lowest BCUT2D eigenvalue weighted by Crippen LogP contribution is -2.05. The maximum atomic E-state index is 11.7. The number of methoxy groups -OCH3 is 1. The van der Waals surface area contributed by atoms with E-state index in [0.717, 1.165) is 5.56 Å². The molecule has 0 aliphatic rings. The summed E-state index contributed by atoms with van der Waals surface area (Å²) in [7, 11) is 1.32. The summed E-state index contributed by atoms with van der Waals surface area (Å²) in [6.45, 7) is 3.79. The number of nitrogens with zero attached hydrogens (tertiary/aromatic N) is 2. The van der Waals surface area contributed by atoms with Gasteiger partial charge >= 0.3 is 5.97 Å². The quantitative estimate of drug-likeness (QED) is 0.252. The molecule has 8 heteroatoms. The molecule has 0 bridgehead atoms. The third-order valence-corrected chi connectivity index (χ3v) is 5.42. The summed E-state index contributed by atoms with van der Waals surface area (Å²) in [5.74, 6) is -0.279. The van der Waals surface area contributed by atoms with E-state index in [4.69, 9.17) is 13.9 Å². The summed E-state index contributed by atoms with van der Waals surface area (Å²) < 4.78 is 16.5. The van der Waals surface area contributed by atoms with Gasteiger partial charge in [0, 0.05) is 26.1 Å². The lowest BCUT2D eigenvalue weighted by molar-refractivity contribution is 0.0600. The number of carbonyl (C=O) groups is 1. The SMILES string of the molecule is C=C/C=C(\S)c1cc(-c2ccoc2)c(C#N)c(OCc2ccc(C(=O)OC)cc2Br)n1. The van der Waals surface area contributed by atoms with Crippen molar-refractivity contribution in [2.75, 3.05) is 7.11 Å². The van der Waals surface area contributed by atoms with E-state index in [9.17, 15) is 10.1 Å². The average Bonchev–Trinajstić information content (AvgIpc) is 3.32. The van der Waals surface area contributed by atoms with Crippen LogP contribution in [0.2, 0.25) is 0 Å². The molecule has 0 unspecified atom stereocenters. The smallest absolute Gasteiger partial charge is 0.337 e. The van der Waals surface area contributed by atoms with Gasteiger partial charge in [0.15, 0.2) is 0 Å². The standard InChI is InChI=1S/C23H17BrN2O4S/c1-3-4-21(31)20-10-17(15-7-8-29-12-15)18(11-25)22(26-20)30-13-16-6-5-14(9-19(16)24)23(27)28-2/h3-10,12,31H,1,13H2,2H3/b21-4-. The van der Waals surface area contributed by atoms with Crippen molar-refractivity contribution in [2.45, 2.75) is 6.61 Å². The minimum Gasteiger partial charge on any atom is -0.472 e. The van der Waals surface area contributed by atoms with Crippen LogP contribution in [0.25, 0.3) is 16.0 Å². The number of rotatable bonds is 7. The first-order valence-corrected chi connectivity index (χ1v) is 10.2. The highest BCUT2D eigenvalue weighted by Crippen LogP contribution is 2.33. The Bertz CT molecular complexity index is 1200. The molecule has 0 spiro atoms. The number of halogens is 1. The largest absolute Gasteiger partial charge is 0.472 e. The fourth-order valence-electron chi connectivity index (χ4n) is 2.76. The van der Waals surface area contributed by atoms with Gasteiger partial charge in [-0.15, -0.1) is 12.6 Å². The number of hydrogen-bond donors (Lipinski definition) is 1. The van der Waals surface area contributed by atoms with Gasteiger partial charge in [0.2, 0.25) is 5.88 Å². The van der Waals surface area contributed by atoms with E-state index in [1.54, 1.807) is 48.7 Å². The lowest BCUT2D eigenvalue weighted by Gasteiger charge is -2.13. The van der Waals surface area contributed by atoms with Crippen LogP contribution >= 0.6 is 28.6 Å². The van der Waals surface area contributed by atoms with Gasteiger partial charge in [0.25, 0.3) is 0 Å². The Labute approximate surface area is 193 Å². The van der Waals surface area contributed by atoms with E-state index in [2.05, 4.69) is 46.2 Å². The van der Waals surface area contributed by atoms with Gasteiger partial charge in [-0.05, 0) is 30.3 Å². The number of ether oxygens (including phenoxy) is 2. The van der Waals surface area contributed by atoms with E-state index < -0.39 is 5.97 Å². The van der Waals surface area contributed by atoms with Crippen molar-refractivity contribution in [2.24, 2.45) is 0 Å². The molecule has 0 saturated carbocycles. The molecular formula is C23H17BrN2O4S. The molecule has 2 aromatic heterocycles. The predicted molar refractivity (Wildman–Crippen MR) is 124 cm³/mol. The Hall–Kier alpha value is -3.28. The molecular weight excluding hydrogens is 480 g/mol. The molecule has 0 aliphatic heterocycles. The number of esters is 1. The Kier molecular flexibility index (Phi) is 7.34. The van der Waals surface area contributed by atoms with Crippen molar-refractivity contribution < 1.29 is 18.7 Å². The third-order valence-electron chi connectivity index (χ3n) is 4.31. The number of pyridine rings is 1. The van der Waals surface area contributed by atoms with Crippen LogP contribution in [0.15, 0.2) is 70.5 Å². The second kappa shape index (κ2) is 10.2. The molecule has 6 nitrogen and oxygen atoms in total. The number of nitriles is 1. The summed E-state index contributed by atoms with van der Waals surface area (Å²) in [5, 5.41) is 9.80. The molecule has 0 atom stereocenters. The fraction of sp³-hybridized carbons (Fsp3) is 0.0870. The maximum absolute atomic E-state index is 11.7. The van der Waals surface area contributed by atoms with E-state index in [1.807, 2.05) is 0 Å². The number of benzene rings is 1. The summed E-state index contributed by atoms with van der Waals surface area (Å²) >= 11 is 7.90. The molecule has 3 rings (SSSR count). The first kappa shape index (κ1) is 22.4. The molecule has 3 aromatic rings. The monoisotopic (exact) mass is 496 g/mol. The lowest BCUT2D eigenvalue weighted by atomic mass is 10.0. The number of furan rings is 1. The number of thiol groups is 1. The molecule has 0 radical (unpaired) electrons. The molecule has 0 amide bonds. The summed E-state index contributed by atoms with van der Waals surface area (Å²) in [5.41, 5.74) is 3.29. The van der Waals surface area contributed by atoms with Crippen LogP contribution in [0.4, 0.5) is 0 Å². The van der Waals surface area contributed by atoms with Crippen LogP contribution in [0, 0.1) is 11.3 Å². The zero-order chi connectivity index (χ0) is 22.4. The normalized spacial score (nSPS) is 11.0. The molecule has 1 aromatic carbocycles. The van der Waals surface area contributed by atoms with Gasteiger partial charge in [-0.3, -0.25) is 0 Å². The Morgan fingerprint density at radius 3 is 2.81 bits per heavy atom. The van der Waals surface area contributed by atoms with Crippen molar-refractivity contribution in [3.63, 3.8) is 0 Å². The van der Waals surface area contributed by atoms with E-state index in [-0.39, 0.29) is 18.1 Å². The Morgan fingerprint density at radius 1 is 1.39 bits per heavy atom. The van der Waals surface area contributed by atoms with Gasteiger partial charge in [-0.2, -0.15) is 5.26 Å². The van der Waals surface area contributed by atoms with Crippen LogP contribution in [-0.2, 0) is 11.3 Å². The third kappa shape index (κ3) is 5.08. The topological polar surface area (TPSA) is 85.3 Å². The maximum Gasteiger partial charge on any atom is 0.337 e. The first-order chi connectivity index (χ1) is 15.0. The van der Waals surface area contributed by atoms with Crippen molar-refractivity contribution >= 4 is 39.4 Å². The molecule has 0 fully saturated rings. The molecule has 156 valence electrons. The van der Waals surface area contributed by atoms with E-state index >= 15 is 0 Å². The Morgan fingerprint density at radius 2 is 2.19 bits per heavy atom. The van der Waals surface area contributed by atoms with Gasteiger partial charge in [-0.1, -0.05) is 34.7 Å². The highest BCUT2D eigenvalue weighted by atomic mass is 79.9. The van der Waals surface area contributed by atoms with Crippen LogP contribution in [-0.4, -0.2) is 18.1 Å². The van der Waals surface area contributed by atoms with Crippen LogP contribution in [0.5, 0.6) is 5.88 Å². The van der Waals surface area contributed by atoms with E-state index in [1.165, 1.54) is 13.4 Å². The second-order valence-electron chi connectivity index (χ2n) is 6.23. The first-order valence-electron chi connectivity index (χ1n) is 8.97. The zero-order valence-electron chi connectivity index (χ0n) is 16.5. The number of hydrogen-bond acceptors (Lipinski definition) is 7. The van der Waals surface area contributed by atoms with E-state index in [0.29, 0.717) is 31.8 Å². The van der Waals surface area contributed by atoms with Gasteiger partial charge in [0.1, 0.15) is 18.2 Å². The highest BCUT2D eigenvalue weighted by molar-refractivity contribution is 9.10. The van der Waals surface area contributed by atoms with Crippen LogP contribution in [0.3, 0.4) is 0 Å². The van der Waals surface area contributed by atoms with Crippen LogP contribution in [0.1, 0.15) is 27.2 Å². The average molecular weight is 497 g/mol. The number of carbonyl (C=O) groups excluding carboxylic acids is 1. The van der Waals surface area contributed by atoms with Gasteiger partial charge in [0.05, 0.1) is 30.9 Å². The second-order valence-corrected chi connectivity index (χ2v) is 7.57. The summed E-state index contributed by atoms with van der Waals surface area (Å²) in [6.07, 6.45) is 6.36. The zero-order valence-corrected chi connectivity index (χ0v) is 18.9. The minimum absolute atomic E-state index is 0.116. The van der Waals surface area contributed by atoms with Crippen molar-refractivity contribution in [3.8, 4) is 23.1 Å². The summed E-state index contributed by atoms with van der Waals surface area (Å²) in [4.78, 5) is 16.7. The molecule has 31 heavy (non-hydrogen) atoms. The summed E-state index contributed by atoms with van der Waals surface area (Å²) in [6, 6.07) is 10.7.